The van der Waals surface area contributed by atoms with E-state index in [-0.39, 0.29) is 5.54 Å². The van der Waals surface area contributed by atoms with Crippen molar-refractivity contribution in [1.82, 2.24) is 9.38 Å². The number of rotatable bonds is 1. The van der Waals surface area contributed by atoms with Gasteiger partial charge in [0.05, 0.1) is 16.9 Å². The average Bonchev–Trinajstić information content (AvgIpc) is 2.77. The highest BCUT2D eigenvalue weighted by molar-refractivity contribution is 7.15. The zero-order valence-electron chi connectivity index (χ0n) is 9.57. The molecule has 86 valence electrons. The van der Waals surface area contributed by atoms with Crippen molar-refractivity contribution in [3.8, 4) is 0 Å². The first-order chi connectivity index (χ1) is 7.71. The number of aromatic nitrogens is 2. The van der Waals surface area contributed by atoms with Gasteiger partial charge in [0.1, 0.15) is 0 Å². The van der Waals surface area contributed by atoms with Crippen LogP contribution in [0.5, 0.6) is 0 Å². The van der Waals surface area contributed by atoms with Gasteiger partial charge in [0.2, 0.25) is 0 Å². The monoisotopic (exact) mass is 235 g/mol. The zero-order chi connectivity index (χ0) is 11.2. The summed E-state index contributed by atoms with van der Waals surface area (Å²) in [4.78, 5) is 5.67. The fraction of sp³-hybridized carbons (Fsp3) is 0.583. The molecule has 1 aliphatic rings. The molecule has 2 aromatic heterocycles. The van der Waals surface area contributed by atoms with Crippen LogP contribution in [0.15, 0.2) is 11.6 Å². The van der Waals surface area contributed by atoms with E-state index in [2.05, 4.69) is 27.9 Å². The Labute approximate surface area is 99.3 Å². The van der Waals surface area contributed by atoms with Gasteiger partial charge >= 0.3 is 0 Å². The number of nitrogens with two attached hydrogens (primary N) is 1. The van der Waals surface area contributed by atoms with Crippen LogP contribution in [0.3, 0.4) is 0 Å². The molecule has 1 aliphatic carbocycles. The summed E-state index contributed by atoms with van der Waals surface area (Å²) in [6.45, 7) is 2.08. The SMILES string of the molecule is Cc1nc2sccn2c1C1(N)CCCCC1. The van der Waals surface area contributed by atoms with E-state index in [9.17, 15) is 0 Å². The highest BCUT2D eigenvalue weighted by Gasteiger charge is 2.34. The fourth-order valence-electron chi connectivity index (χ4n) is 2.91. The molecule has 0 spiro atoms. The first-order valence-corrected chi connectivity index (χ1v) is 6.80. The molecule has 0 aliphatic heterocycles. The van der Waals surface area contributed by atoms with Gasteiger partial charge in [0, 0.05) is 11.6 Å². The minimum Gasteiger partial charge on any atom is -0.320 e. The second-order valence-corrected chi connectivity index (χ2v) is 5.69. The van der Waals surface area contributed by atoms with Crippen molar-refractivity contribution < 1.29 is 0 Å². The molecule has 0 radical (unpaired) electrons. The maximum Gasteiger partial charge on any atom is 0.194 e. The second kappa shape index (κ2) is 3.57. The Bertz CT molecular complexity index is 505. The topological polar surface area (TPSA) is 43.3 Å². The van der Waals surface area contributed by atoms with Crippen LogP contribution in [0, 0.1) is 6.92 Å². The van der Waals surface area contributed by atoms with Crippen LogP contribution in [0.2, 0.25) is 0 Å². The minimum atomic E-state index is -0.150. The Morgan fingerprint density at radius 3 is 2.88 bits per heavy atom. The van der Waals surface area contributed by atoms with Gasteiger partial charge in [-0.25, -0.2) is 4.98 Å². The molecule has 16 heavy (non-hydrogen) atoms. The number of aryl methyl sites for hydroxylation is 1. The van der Waals surface area contributed by atoms with E-state index in [0.29, 0.717) is 0 Å². The number of imidazole rings is 1. The number of thiazole rings is 1. The smallest absolute Gasteiger partial charge is 0.194 e. The molecule has 0 atom stereocenters. The molecule has 2 aromatic rings. The lowest BCUT2D eigenvalue weighted by atomic mass is 9.79. The summed E-state index contributed by atoms with van der Waals surface area (Å²) in [7, 11) is 0. The van der Waals surface area contributed by atoms with E-state index < -0.39 is 0 Å². The Morgan fingerprint density at radius 1 is 1.38 bits per heavy atom. The predicted octanol–water partition coefficient (Wildman–Crippen LogP) is 2.82. The van der Waals surface area contributed by atoms with Crippen molar-refractivity contribution in [2.24, 2.45) is 5.73 Å². The van der Waals surface area contributed by atoms with Crippen LogP contribution in [-0.2, 0) is 5.54 Å². The maximum absolute atomic E-state index is 6.59. The van der Waals surface area contributed by atoms with Crippen LogP contribution in [0.1, 0.15) is 43.5 Å². The van der Waals surface area contributed by atoms with E-state index in [1.807, 2.05) is 0 Å². The van der Waals surface area contributed by atoms with Gasteiger partial charge in [-0.2, -0.15) is 0 Å². The van der Waals surface area contributed by atoms with Crippen LogP contribution in [0.25, 0.3) is 4.96 Å². The quantitative estimate of drug-likeness (QED) is 0.826. The number of hydrogen-bond acceptors (Lipinski definition) is 3. The number of nitrogens with zero attached hydrogens (tertiary/aromatic N) is 2. The lowest BCUT2D eigenvalue weighted by molar-refractivity contribution is 0.292. The molecule has 0 aromatic carbocycles. The van der Waals surface area contributed by atoms with Crippen molar-refractivity contribution in [2.45, 2.75) is 44.6 Å². The van der Waals surface area contributed by atoms with Crippen LogP contribution < -0.4 is 5.73 Å². The largest absolute Gasteiger partial charge is 0.320 e. The second-order valence-electron chi connectivity index (χ2n) is 4.82. The van der Waals surface area contributed by atoms with Crippen molar-refractivity contribution in [1.29, 1.82) is 0 Å². The summed E-state index contributed by atoms with van der Waals surface area (Å²) in [5.41, 5.74) is 8.79. The van der Waals surface area contributed by atoms with E-state index >= 15 is 0 Å². The third kappa shape index (κ3) is 1.40. The summed E-state index contributed by atoms with van der Waals surface area (Å²) >= 11 is 1.68. The molecular formula is C12H17N3S. The molecule has 0 unspecified atom stereocenters. The summed E-state index contributed by atoms with van der Waals surface area (Å²) in [5.74, 6) is 0. The van der Waals surface area contributed by atoms with Gasteiger partial charge < -0.3 is 5.73 Å². The lowest BCUT2D eigenvalue weighted by Crippen LogP contribution is -2.40. The first-order valence-electron chi connectivity index (χ1n) is 5.92. The van der Waals surface area contributed by atoms with E-state index in [4.69, 9.17) is 5.73 Å². The van der Waals surface area contributed by atoms with Gasteiger partial charge in [-0.3, -0.25) is 4.40 Å². The molecule has 2 heterocycles. The lowest BCUT2D eigenvalue weighted by Gasteiger charge is -2.33. The van der Waals surface area contributed by atoms with Crippen LogP contribution in [0.4, 0.5) is 0 Å². The molecule has 0 amide bonds. The Morgan fingerprint density at radius 2 is 2.12 bits per heavy atom. The number of fused-ring (bicyclic) bond motifs is 1. The highest BCUT2D eigenvalue weighted by Crippen LogP contribution is 2.37. The van der Waals surface area contributed by atoms with E-state index in [1.165, 1.54) is 25.0 Å². The Balaban J connectivity index is 2.15. The van der Waals surface area contributed by atoms with E-state index in [0.717, 1.165) is 23.5 Å². The third-order valence-corrected chi connectivity index (χ3v) is 4.41. The summed E-state index contributed by atoms with van der Waals surface area (Å²) in [6.07, 6.45) is 8.09. The fourth-order valence-corrected chi connectivity index (χ4v) is 3.67. The zero-order valence-corrected chi connectivity index (χ0v) is 10.4. The highest BCUT2D eigenvalue weighted by atomic mass is 32.1. The summed E-state index contributed by atoms with van der Waals surface area (Å²) in [5, 5.41) is 2.08. The van der Waals surface area contributed by atoms with Crippen LogP contribution in [-0.4, -0.2) is 9.38 Å². The van der Waals surface area contributed by atoms with Gasteiger partial charge in [-0.15, -0.1) is 11.3 Å². The molecular weight excluding hydrogens is 218 g/mol. The molecule has 2 N–H and O–H groups in total. The Hall–Kier alpha value is -0.870. The third-order valence-electron chi connectivity index (χ3n) is 3.65. The molecule has 0 bridgehead atoms. The molecule has 1 fully saturated rings. The molecule has 1 saturated carbocycles. The predicted molar refractivity (Wildman–Crippen MR) is 66.8 cm³/mol. The number of hydrogen-bond donors (Lipinski definition) is 1. The van der Waals surface area contributed by atoms with Gasteiger partial charge in [0.25, 0.3) is 0 Å². The van der Waals surface area contributed by atoms with Crippen molar-refractivity contribution in [3.05, 3.63) is 23.0 Å². The average molecular weight is 235 g/mol. The summed E-state index contributed by atoms with van der Waals surface area (Å²) < 4.78 is 2.19. The molecule has 4 heteroatoms. The van der Waals surface area contributed by atoms with Gasteiger partial charge in [0.15, 0.2) is 4.96 Å². The van der Waals surface area contributed by atoms with Gasteiger partial charge in [-0.05, 0) is 19.8 Å². The Kier molecular flexibility index (Phi) is 2.30. The molecule has 0 saturated heterocycles. The molecule has 3 rings (SSSR count). The summed E-state index contributed by atoms with van der Waals surface area (Å²) in [6, 6.07) is 0. The first kappa shape index (κ1) is 10.3. The minimum absolute atomic E-state index is 0.150. The van der Waals surface area contributed by atoms with Gasteiger partial charge in [-0.1, -0.05) is 19.3 Å². The van der Waals surface area contributed by atoms with Crippen molar-refractivity contribution in [2.75, 3.05) is 0 Å². The van der Waals surface area contributed by atoms with Crippen molar-refractivity contribution >= 4 is 16.3 Å². The maximum atomic E-state index is 6.59. The molecule has 3 nitrogen and oxygen atoms in total. The normalized spacial score (nSPS) is 20.4. The standard InChI is InChI=1S/C12H17N3S/c1-9-10(12(13)5-3-2-4-6-12)15-7-8-16-11(15)14-9/h7-8H,2-6,13H2,1H3. The van der Waals surface area contributed by atoms with Crippen LogP contribution >= 0.6 is 11.3 Å². The van der Waals surface area contributed by atoms with E-state index in [1.54, 1.807) is 11.3 Å². The van der Waals surface area contributed by atoms with Crippen molar-refractivity contribution in [3.63, 3.8) is 0 Å².